The first-order valence-electron chi connectivity index (χ1n) is 11.4. The quantitative estimate of drug-likeness (QED) is 0.389. The fourth-order valence-electron chi connectivity index (χ4n) is 4.39. The zero-order valence-electron chi connectivity index (χ0n) is 19.0. The Balaban J connectivity index is 1.25. The Morgan fingerprint density at radius 1 is 0.886 bits per heavy atom. The summed E-state index contributed by atoms with van der Waals surface area (Å²) in [6.07, 6.45) is 1.59. The van der Waals surface area contributed by atoms with Gasteiger partial charge in [-0.1, -0.05) is 48.0 Å². The topological polar surface area (TPSA) is 70.6 Å². The van der Waals surface area contributed by atoms with Gasteiger partial charge >= 0.3 is 0 Å². The van der Waals surface area contributed by atoms with Crippen molar-refractivity contribution in [3.8, 4) is 0 Å². The number of halogens is 1. The molecule has 6 nitrogen and oxygen atoms in total. The fraction of sp³-hybridized carbons (Fsp3) is 0.185. The molecule has 3 aromatic carbocycles. The van der Waals surface area contributed by atoms with Gasteiger partial charge in [0.05, 0.1) is 16.2 Å². The minimum atomic E-state index is -3.60. The zero-order chi connectivity index (χ0) is 24.4. The maximum absolute atomic E-state index is 13.1. The van der Waals surface area contributed by atoms with E-state index >= 15 is 0 Å². The number of anilines is 1. The Bertz CT molecular complexity index is 1480. The van der Waals surface area contributed by atoms with E-state index in [1.54, 1.807) is 48.7 Å². The van der Waals surface area contributed by atoms with E-state index in [0.29, 0.717) is 34.8 Å². The van der Waals surface area contributed by atoms with E-state index in [0.717, 1.165) is 24.2 Å². The first-order valence-corrected chi connectivity index (χ1v) is 13.4. The lowest BCUT2D eigenvalue weighted by molar-refractivity contribution is 0.0747. The summed E-state index contributed by atoms with van der Waals surface area (Å²) in [4.78, 5) is 21.5. The number of carbonyl (C=O) groups is 1. The number of sulfone groups is 1. The van der Waals surface area contributed by atoms with Crippen molar-refractivity contribution in [2.45, 2.75) is 10.6 Å². The van der Waals surface area contributed by atoms with Crippen LogP contribution in [0.3, 0.4) is 0 Å². The molecule has 178 valence electrons. The molecule has 1 aliphatic heterocycles. The molecule has 1 fully saturated rings. The molecule has 0 unspecified atom stereocenters. The maximum atomic E-state index is 13.1. The molecule has 8 heteroatoms. The highest BCUT2D eigenvalue weighted by molar-refractivity contribution is 7.90. The molecule has 5 rings (SSSR count). The van der Waals surface area contributed by atoms with Gasteiger partial charge in [-0.25, -0.2) is 8.42 Å². The molecule has 0 bridgehead atoms. The molecule has 35 heavy (non-hydrogen) atoms. The number of para-hydroxylation sites is 1. The number of benzene rings is 3. The predicted molar refractivity (Wildman–Crippen MR) is 139 cm³/mol. The van der Waals surface area contributed by atoms with E-state index in [-0.39, 0.29) is 16.6 Å². The molecule has 1 saturated heterocycles. The van der Waals surface area contributed by atoms with Crippen LogP contribution in [0.15, 0.2) is 90.0 Å². The highest BCUT2D eigenvalue weighted by atomic mass is 35.5. The van der Waals surface area contributed by atoms with Crippen molar-refractivity contribution in [2.24, 2.45) is 0 Å². The van der Waals surface area contributed by atoms with Crippen molar-refractivity contribution in [1.29, 1.82) is 0 Å². The Morgan fingerprint density at radius 3 is 2.34 bits per heavy atom. The molecule has 2 heterocycles. The number of hydrogen-bond donors (Lipinski definition) is 0. The van der Waals surface area contributed by atoms with E-state index in [1.165, 1.54) is 0 Å². The van der Waals surface area contributed by atoms with Gasteiger partial charge in [0, 0.05) is 54.0 Å². The molecular formula is C27H24ClN3O3S. The highest BCUT2D eigenvalue weighted by Crippen LogP contribution is 2.25. The van der Waals surface area contributed by atoms with E-state index in [4.69, 9.17) is 11.6 Å². The van der Waals surface area contributed by atoms with Gasteiger partial charge in [-0.15, -0.1) is 0 Å². The molecule has 1 aromatic heterocycles. The summed E-state index contributed by atoms with van der Waals surface area (Å²) in [5, 5.41) is 1.48. The molecule has 0 N–H and O–H groups in total. The second-order valence-electron chi connectivity index (χ2n) is 8.55. The van der Waals surface area contributed by atoms with Gasteiger partial charge in [0.25, 0.3) is 5.91 Å². The highest BCUT2D eigenvalue weighted by Gasteiger charge is 2.23. The Hall–Kier alpha value is -3.42. The number of piperazine rings is 1. The van der Waals surface area contributed by atoms with Gasteiger partial charge in [0.15, 0.2) is 9.84 Å². The van der Waals surface area contributed by atoms with Gasteiger partial charge in [0.1, 0.15) is 0 Å². The zero-order valence-corrected chi connectivity index (χ0v) is 20.5. The Morgan fingerprint density at radius 2 is 1.60 bits per heavy atom. The molecule has 0 spiro atoms. The number of rotatable bonds is 5. The Kier molecular flexibility index (Phi) is 6.45. The average molecular weight is 506 g/mol. The van der Waals surface area contributed by atoms with Crippen LogP contribution in [0, 0.1) is 0 Å². The molecule has 0 radical (unpaired) electrons. The lowest BCUT2D eigenvalue weighted by atomic mass is 10.1. The number of carbonyl (C=O) groups excluding carboxylic acids is 1. The van der Waals surface area contributed by atoms with E-state index in [2.05, 4.69) is 9.88 Å². The summed E-state index contributed by atoms with van der Waals surface area (Å²) in [6, 6.07) is 23.3. The van der Waals surface area contributed by atoms with Gasteiger partial charge in [-0.3, -0.25) is 9.78 Å². The van der Waals surface area contributed by atoms with Crippen LogP contribution in [0.5, 0.6) is 0 Å². The van der Waals surface area contributed by atoms with Gasteiger partial charge in [-0.05, 0) is 48.0 Å². The third kappa shape index (κ3) is 5.01. The van der Waals surface area contributed by atoms with Crippen molar-refractivity contribution in [3.63, 3.8) is 0 Å². The normalized spacial score (nSPS) is 14.3. The minimum absolute atomic E-state index is 0.0524. The van der Waals surface area contributed by atoms with Gasteiger partial charge in [0.2, 0.25) is 0 Å². The molecule has 1 aliphatic rings. The van der Waals surface area contributed by atoms with Crippen LogP contribution in [0.25, 0.3) is 10.9 Å². The summed E-state index contributed by atoms with van der Waals surface area (Å²) in [7, 11) is -3.60. The third-order valence-electron chi connectivity index (χ3n) is 6.23. The van der Waals surface area contributed by atoms with E-state index in [1.807, 2.05) is 41.3 Å². The lowest BCUT2D eigenvalue weighted by Crippen LogP contribution is -2.48. The molecule has 0 atom stereocenters. The summed E-state index contributed by atoms with van der Waals surface area (Å²) in [6.45, 7) is 2.66. The number of nitrogens with zero attached hydrogens (tertiary/aromatic N) is 3. The van der Waals surface area contributed by atoms with E-state index < -0.39 is 9.84 Å². The smallest absolute Gasteiger partial charge is 0.253 e. The van der Waals surface area contributed by atoms with Crippen LogP contribution in [0.2, 0.25) is 5.02 Å². The van der Waals surface area contributed by atoms with E-state index in [9.17, 15) is 13.2 Å². The maximum Gasteiger partial charge on any atom is 0.253 e. The van der Waals surface area contributed by atoms with Gasteiger partial charge in [-0.2, -0.15) is 0 Å². The summed E-state index contributed by atoms with van der Waals surface area (Å²) < 4.78 is 26.2. The molecule has 1 amide bonds. The van der Waals surface area contributed by atoms with Crippen molar-refractivity contribution in [2.75, 3.05) is 31.1 Å². The molecular weight excluding hydrogens is 482 g/mol. The van der Waals surface area contributed by atoms with Crippen LogP contribution < -0.4 is 4.90 Å². The predicted octanol–water partition coefficient (Wildman–Crippen LogP) is 4.82. The number of pyridine rings is 1. The number of hydrogen-bond acceptors (Lipinski definition) is 5. The van der Waals surface area contributed by atoms with Crippen LogP contribution in [-0.4, -0.2) is 50.4 Å². The first-order chi connectivity index (χ1) is 16.9. The monoisotopic (exact) mass is 505 g/mol. The van der Waals surface area contributed by atoms with Gasteiger partial charge < -0.3 is 9.80 Å². The summed E-state index contributed by atoms with van der Waals surface area (Å²) in [5.41, 5.74) is 2.70. The van der Waals surface area contributed by atoms with Crippen LogP contribution in [-0.2, 0) is 15.6 Å². The van der Waals surface area contributed by atoms with Crippen molar-refractivity contribution in [1.82, 2.24) is 9.88 Å². The minimum Gasteiger partial charge on any atom is -0.368 e. The summed E-state index contributed by atoms with van der Waals surface area (Å²) in [5.74, 6) is -0.210. The van der Waals surface area contributed by atoms with Crippen LogP contribution >= 0.6 is 11.6 Å². The first kappa shape index (κ1) is 23.3. The summed E-state index contributed by atoms with van der Waals surface area (Å²) >= 11 is 6.10. The standard InChI is InChI=1S/C27H24ClN3O3S/c28-23-6-2-7-24(18-23)30-14-16-31(17-15-30)27(32)22-11-9-20(10-12-22)19-35(33,34)25-8-1-4-21-5-3-13-29-26(21)25/h1-13,18H,14-17,19H2. The van der Waals surface area contributed by atoms with Crippen molar-refractivity contribution < 1.29 is 13.2 Å². The van der Waals surface area contributed by atoms with Crippen LogP contribution in [0.4, 0.5) is 5.69 Å². The second-order valence-corrected chi connectivity index (χ2v) is 10.9. The lowest BCUT2D eigenvalue weighted by Gasteiger charge is -2.36. The average Bonchev–Trinajstić information content (AvgIpc) is 2.88. The third-order valence-corrected chi connectivity index (χ3v) is 8.18. The number of aromatic nitrogens is 1. The SMILES string of the molecule is O=C(c1ccc(CS(=O)(=O)c2cccc3cccnc23)cc1)N1CCN(c2cccc(Cl)c2)CC1. The number of amides is 1. The second kappa shape index (κ2) is 9.68. The Labute approximate surface area is 209 Å². The van der Waals surface area contributed by atoms with Crippen molar-refractivity contribution >= 4 is 43.9 Å². The molecule has 0 saturated carbocycles. The number of fused-ring (bicyclic) bond motifs is 1. The fourth-order valence-corrected chi connectivity index (χ4v) is 6.11. The largest absolute Gasteiger partial charge is 0.368 e. The molecule has 0 aliphatic carbocycles. The van der Waals surface area contributed by atoms with Crippen molar-refractivity contribution in [3.05, 3.63) is 101 Å². The van der Waals surface area contributed by atoms with Crippen LogP contribution in [0.1, 0.15) is 15.9 Å². The molecule has 4 aromatic rings.